The number of nitrogens with one attached hydrogen (secondary N) is 1. The van der Waals surface area contributed by atoms with E-state index in [0.29, 0.717) is 22.9 Å². The Morgan fingerprint density at radius 3 is 2.90 bits per heavy atom. The topological polar surface area (TPSA) is 73.6 Å². The third-order valence-corrected chi connectivity index (χ3v) is 4.05. The first kappa shape index (κ1) is 13.2. The highest BCUT2D eigenvalue weighted by molar-refractivity contribution is 5.98. The van der Waals surface area contributed by atoms with Crippen LogP contribution < -0.4 is 11.1 Å². The zero-order valence-corrected chi connectivity index (χ0v) is 11.6. The summed E-state index contributed by atoms with van der Waals surface area (Å²) in [4.78, 5) is 11.8. The molecule has 20 heavy (non-hydrogen) atoms. The van der Waals surface area contributed by atoms with Gasteiger partial charge >= 0.3 is 5.97 Å². The quantitative estimate of drug-likeness (QED) is 0.650. The molecule has 5 nitrogen and oxygen atoms in total. The molecule has 2 atom stereocenters. The van der Waals surface area contributed by atoms with Crippen molar-refractivity contribution in [2.24, 2.45) is 5.92 Å². The first-order valence-electron chi connectivity index (χ1n) is 7.05. The van der Waals surface area contributed by atoms with E-state index >= 15 is 0 Å². The molecule has 1 saturated heterocycles. The van der Waals surface area contributed by atoms with Crippen LogP contribution in [0.1, 0.15) is 29.6 Å². The van der Waals surface area contributed by atoms with E-state index in [4.69, 9.17) is 15.2 Å². The van der Waals surface area contributed by atoms with E-state index < -0.39 is 0 Å². The van der Waals surface area contributed by atoms with Gasteiger partial charge in [0.2, 0.25) is 0 Å². The average Bonchev–Trinajstić information content (AvgIpc) is 3.20. The SMILES string of the molecule is COC(=O)c1cccc(N)c1NC1CCOC1C1CC1. The maximum Gasteiger partial charge on any atom is 0.340 e. The van der Waals surface area contributed by atoms with Gasteiger partial charge in [-0.2, -0.15) is 0 Å². The minimum absolute atomic E-state index is 0.218. The number of hydrogen-bond donors (Lipinski definition) is 2. The van der Waals surface area contributed by atoms with Crippen molar-refractivity contribution in [2.45, 2.75) is 31.4 Å². The van der Waals surface area contributed by atoms with Crippen LogP contribution in [0.4, 0.5) is 11.4 Å². The molecule has 1 aromatic carbocycles. The lowest BCUT2D eigenvalue weighted by Crippen LogP contribution is -2.32. The Labute approximate surface area is 118 Å². The largest absolute Gasteiger partial charge is 0.465 e. The molecule has 2 fully saturated rings. The third-order valence-electron chi connectivity index (χ3n) is 4.05. The molecule has 2 unspecified atom stereocenters. The van der Waals surface area contributed by atoms with Crippen LogP contribution in [0.3, 0.4) is 0 Å². The number of rotatable bonds is 4. The van der Waals surface area contributed by atoms with Crippen LogP contribution in [0, 0.1) is 5.92 Å². The van der Waals surface area contributed by atoms with Gasteiger partial charge in [0.1, 0.15) is 0 Å². The molecular weight excluding hydrogens is 256 g/mol. The summed E-state index contributed by atoms with van der Waals surface area (Å²) >= 11 is 0. The number of methoxy groups -OCH3 is 1. The molecule has 108 valence electrons. The fourth-order valence-electron chi connectivity index (χ4n) is 2.85. The molecular formula is C15H20N2O3. The van der Waals surface area contributed by atoms with Gasteiger partial charge in [-0.25, -0.2) is 4.79 Å². The Morgan fingerprint density at radius 2 is 2.20 bits per heavy atom. The Bertz CT molecular complexity index is 514. The monoisotopic (exact) mass is 276 g/mol. The second-order valence-electron chi connectivity index (χ2n) is 5.47. The minimum atomic E-state index is -0.373. The van der Waals surface area contributed by atoms with Gasteiger partial charge in [0.05, 0.1) is 36.2 Å². The van der Waals surface area contributed by atoms with E-state index in [-0.39, 0.29) is 18.1 Å². The smallest absolute Gasteiger partial charge is 0.340 e. The highest BCUT2D eigenvalue weighted by Crippen LogP contribution is 2.40. The first-order valence-corrected chi connectivity index (χ1v) is 7.05. The van der Waals surface area contributed by atoms with Gasteiger partial charge in [0.25, 0.3) is 0 Å². The second-order valence-corrected chi connectivity index (χ2v) is 5.47. The molecule has 0 bridgehead atoms. The van der Waals surface area contributed by atoms with E-state index in [9.17, 15) is 4.79 Å². The van der Waals surface area contributed by atoms with E-state index in [1.54, 1.807) is 18.2 Å². The molecule has 0 radical (unpaired) electrons. The summed E-state index contributed by atoms with van der Waals surface area (Å²) in [5.74, 6) is 0.281. The number of benzene rings is 1. The van der Waals surface area contributed by atoms with Crippen LogP contribution in [0.25, 0.3) is 0 Å². The predicted molar refractivity (Wildman–Crippen MR) is 76.7 cm³/mol. The Hall–Kier alpha value is -1.75. The number of carbonyl (C=O) groups excluding carboxylic acids is 1. The summed E-state index contributed by atoms with van der Waals surface area (Å²) < 4.78 is 10.6. The molecule has 3 N–H and O–H groups in total. The second kappa shape index (κ2) is 5.32. The number of para-hydroxylation sites is 1. The summed E-state index contributed by atoms with van der Waals surface area (Å²) in [6, 6.07) is 5.50. The number of ether oxygens (including phenoxy) is 2. The number of esters is 1. The fourth-order valence-corrected chi connectivity index (χ4v) is 2.85. The van der Waals surface area contributed by atoms with E-state index in [2.05, 4.69) is 5.32 Å². The van der Waals surface area contributed by atoms with Crippen LogP contribution in [-0.2, 0) is 9.47 Å². The molecule has 1 aliphatic carbocycles. The fraction of sp³-hybridized carbons (Fsp3) is 0.533. The highest BCUT2D eigenvalue weighted by atomic mass is 16.5. The van der Waals surface area contributed by atoms with Crippen molar-refractivity contribution in [1.82, 2.24) is 0 Å². The van der Waals surface area contributed by atoms with Crippen molar-refractivity contribution in [3.8, 4) is 0 Å². The van der Waals surface area contributed by atoms with E-state index in [1.165, 1.54) is 20.0 Å². The molecule has 1 aromatic rings. The van der Waals surface area contributed by atoms with Gasteiger partial charge in [0.15, 0.2) is 0 Å². The van der Waals surface area contributed by atoms with Crippen LogP contribution >= 0.6 is 0 Å². The molecule has 0 spiro atoms. The van der Waals surface area contributed by atoms with Crippen LogP contribution in [0.5, 0.6) is 0 Å². The maximum atomic E-state index is 11.8. The van der Waals surface area contributed by atoms with Gasteiger partial charge in [-0.1, -0.05) is 6.07 Å². The van der Waals surface area contributed by atoms with Gasteiger partial charge < -0.3 is 20.5 Å². The summed E-state index contributed by atoms with van der Waals surface area (Å²) in [5.41, 5.74) is 7.73. The van der Waals surface area contributed by atoms with E-state index in [1.807, 2.05) is 0 Å². The van der Waals surface area contributed by atoms with Crippen molar-refractivity contribution in [3.05, 3.63) is 23.8 Å². The summed E-state index contributed by atoms with van der Waals surface area (Å²) in [5, 5.41) is 3.41. The lowest BCUT2D eigenvalue weighted by molar-refractivity contribution is 0.0601. The van der Waals surface area contributed by atoms with Gasteiger partial charge in [-0.3, -0.25) is 0 Å². The Balaban J connectivity index is 1.84. The van der Waals surface area contributed by atoms with Crippen LogP contribution in [-0.4, -0.2) is 31.8 Å². The lowest BCUT2D eigenvalue weighted by Gasteiger charge is -2.23. The first-order chi connectivity index (χ1) is 9.70. The standard InChI is InChI=1S/C15H20N2O3/c1-19-15(18)10-3-2-4-11(16)13(10)17-12-7-8-20-14(12)9-5-6-9/h2-4,9,12,14,17H,5-8,16H2,1H3. The van der Waals surface area contributed by atoms with Crippen molar-refractivity contribution in [1.29, 1.82) is 0 Å². The molecule has 5 heteroatoms. The molecule has 1 aliphatic heterocycles. The maximum absolute atomic E-state index is 11.8. The van der Waals surface area contributed by atoms with Gasteiger partial charge in [-0.15, -0.1) is 0 Å². The molecule has 0 amide bonds. The third kappa shape index (κ3) is 2.45. The van der Waals surface area contributed by atoms with Crippen molar-refractivity contribution < 1.29 is 14.3 Å². The predicted octanol–water partition coefficient (Wildman–Crippen LogP) is 2.03. The van der Waals surface area contributed by atoms with Crippen LogP contribution in [0.2, 0.25) is 0 Å². The molecule has 3 rings (SSSR count). The van der Waals surface area contributed by atoms with Crippen molar-refractivity contribution >= 4 is 17.3 Å². The number of anilines is 2. The molecule has 1 heterocycles. The number of carbonyl (C=O) groups is 1. The Kier molecular flexibility index (Phi) is 3.53. The van der Waals surface area contributed by atoms with E-state index in [0.717, 1.165) is 13.0 Å². The van der Waals surface area contributed by atoms with Crippen molar-refractivity contribution in [2.75, 3.05) is 24.8 Å². The minimum Gasteiger partial charge on any atom is -0.465 e. The van der Waals surface area contributed by atoms with Gasteiger partial charge in [-0.05, 0) is 37.3 Å². The normalized spacial score (nSPS) is 25.4. The molecule has 2 aliphatic rings. The van der Waals surface area contributed by atoms with Crippen molar-refractivity contribution in [3.63, 3.8) is 0 Å². The number of hydrogen-bond acceptors (Lipinski definition) is 5. The zero-order valence-electron chi connectivity index (χ0n) is 11.6. The lowest BCUT2D eigenvalue weighted by atomic mass is 10.0. The van der Waals surface area contributed by atoms with Crippen LogP contribution in [0.15, 0.2) is 18.2 Å². The zero-order chi connectivity index (χ0) is 14.1. The van der Waals surface area contributed by atoms with Gasteiger partial charge in [0, 0.05) is 6.61 Å². The summed E-state index contributed by atoms with van der Waals surface area (Å²) in [6.07, 6.45) is 3.64. The number of nitrogen functional groups attached to an aromatic ring is 1. The number of nitrogens with two attached hydrogens (primary N) is 1. The highest BCUT2D eigenvalue weighted by Gasteiger charge is 2.41. The average molecular weight is 276 g/mol. The Morgan fingerprint density at radius 1 is 1.40 bits per heavy atom. The molecule has 0 aromatic heterocycles. The summed E-state index contributed by atoms with van der Waals surface area (Å²) in [6.45, 7) is 0.763. The summed E-state index contributed by atoms with van der Waals surface area (Å²) in [7, 11) is 1.38. The molecule has 1 saturated carbocycles.